The number of amides is 1. The molecule has 166 valence electrons. The van der Waals surface area contributed by atoms with E-state index in [1.807, 2.05) is 0 Å². The Morgan fingerprint density at radius 2 is 2.00 bits per heavy atom. The number of alkyl carbamates (subject to hydrolysis) is 1. The van der Waals surface area contributed by atoms with Crippen LogP contribution in [0.2, 0.25) is 0 Å². The summed E-state index contributed by atoms with van der Waals surface area (Å²) in [5, 5.41) is 3.39. The minimum Gasteiger partial charge on any atom is -0.444 e. The molecule has 2 aromatic rings. The molecule has 0 spiro atoms. The average molecular weight is 465 g/mol. The molecule has 1 heterocycles. The van der Waals surface area contributed by atoms with Gasteiger partial charge in [0.1, 0.15) is 16.6 Å². The number of nitrogens with one attached hydrogen (secondary N) is 1. The van der Waals surface area contributed by atoms with E-state index in [0.29, 0.717) is 22.9 Å². The number of fused-ring (bicyclic) bond motifs is 1. The van der Waals surface area contributed by atoms with Crippen molar-refractivity contribution in [1.82, 2.24) is 9.29 Å². The quantitative estimate of drug-likeness (QED) is 0.667. The van der Waals surface area contributed by atoms with Gasteiger partial charge in [0.05, 0.1) is 17.8 Å². The number of hydrogen-bond acceptors (Lipinski definition) is 5. The van der Waals surface area contributed by atoms with Crippen molar-refractivity contribution < 1.29 is 22.7 Å². The zero-order valence-corrected chi connectivity index (χ0v) is 19.4. The largest absolute Gasteiger partial charge is 0.444 e. The molecule has 0 aliphatic heterocycles. The Balaban J connectivity index is 2.11. The van der Waals surface area contributed by atoms with E-state index >= 15 is 0 Å². The second-order valence-corrected chi connectivity index (χ2v) is 11.2. The summed E-state index contributed by atoms with van der Waals surface area (Å²) >= 11 is 6.17. The summed E-state index contributed by atoms with van der Waals surface area (Å²) in [6.07, 6.45) is 3.09. The van der Waals surface area contributed by atoms with Crippen molar-refractivity contribution in [3.63, 3.8) is 0 Å². The third-order valence-corrected chi connectivity index (χ3v) is 7.84. The van der Waals surface area contributed by atoms with Gasteiger partial charge in [-0.1, -0.05) is 35.9 Å². The van der Waals surface area contributed by atoms with Gasteiger partial charge < -0.3 is 10.1 Å². The number of aldehydes is 1. The summed E-state index contributed by atoms with van der Waals surface area (Å²) in [6, 6.07) is 8.68. The van der Waals surface area contributed by atoms with Crippen LogP contribution in [-0.2, 0) is 26.1 Å². The highest BCUT2D eigenvalue weighted by Crippen LogP contribution is 2.39. The van der Waals surface area contributed by atoms with Gasteiger partial charge in [0.25, 0.3) is 0 Å². The maximum absolute atomic E-state index is 13.9. The van der Waals surface area contributed by atoms with Crippen LogP contribution in [0.4, 0.5) is 4.79 Å². The average Bonchev–Trinajstić information content (AvgIpc) is 3.04. The van der Waals surface area contributed by atoms with Gasteiger partial charge >= 0.3 is 6.09 Å². The molecule has 0 fully saturated rings. The summed E-state index contributed by atoms with van der Waals surface area (Å²) in [7, 11) is -4.15. The summed E-state index contributed by atoms with van der Waals surface area (Å²) in [6.45, 7) is 6.62. The van der Waals surface area contributed by atoms with E-state index in [-0.39, 0.29) is 23.6 Å². The van der Waals surface area contributed by atoms with Crippen LogP contribution in [0.5, 0.6) is 0 Å². The van der Waals surface area contributed by atoms with Crippen molar-refractivity contribution >= 4 is 44.9 Å². The first kappa shape index (κ1) is 23.1. The van der Waals surface area contributed by atoms with Gasteiger partial charge in [0, 0.05) is 16.0 Å². The molecule has 1 aromatic heterocycles. The van der Waals surface area contributed by atoms with E-state index in [0.717, 1.165) is 0 Å². The predicted octanol–water partition coefficient (Wildman–Crippen LogP) is 4.25. The maximum atomic E-state index is 13.9. The fourth-order valence-corrected chi connectivity index (χ4v) is 5.93. The fourth-order valence-electron chi connectivity index (χ4n) is 3.54. The van der Waals surface area contributed by atoms with Gasteiger partial charge in [-0.25, -0.2) is 17.2 Å². The van der Waals surface area contributed by atoms with Crippen LogP contribution < -0.4 is 5.32 Å². The third kappa shape index (κ3) is 4.27. The SMILES string of the molecule is CC(C)(C)OC(=O)NCc1cc2ccccc2n1S(=O)(=O)C1(C)CC=CC(Cl)=C1C=O. The first-order valence-electron chi connectivity index (χ1n) is 9.74. The predicted molar refractivity (Wildman–Crippen MR) is 120 cm³/mol. The molecule has 1 atom stereocenters. The molecule has 1 N–H and O–H groups in total. The van der Waals surface area contributed by atoms with Gasteiger partial charge in [0.2, 0.25) is 10.0 Å². The van der Waals surface area contributed by atoms with Gasteiger partial charge in [-0.05, 0) is 52.3 Å². The number of allylic oxidation sites excluding steroid dienone is 3. The second kappa shape index (κ2) is 8.16. The number of aromatic nitrogens is 1. The first-order chi connectivity index (χ1) is 14.4. The second-order valence-electron chi connectivity index (χ2n) is 8.54. The molecule has 0 saturated carbocycles. The lowest BCUT2D eigenvalue weighted by Gasteiger charge is -2.32. The van der Waals surface area contributed by atoms with Crippen molar-refractivity contribution in [2.45, 2.75) is 51.0 Å². The molecule has 1 aliphatic rings. The Kier molecular flexibility index (Phi) is 6.08. The fraction of sp³-hybridized carbons (Fsp3) is 0.364. The molecule has 7 nitrogen and oxygen atoms in total. The molecular formula is C22H25ClN2O5S. The lowest BCUT2D eigenvalue weighted by atomic mass is 9.93. The Morgan fingerprint density at radius 3 is 2.65 bits per heavy atom. The number of carbonyl (C=O) groups excluding carboxylic acids is 2. The van der Waals surface area contributed by atoms with Gasteiger partial charge in [-0.15, -0.1) is 0 Å². The Labute approximate surface area is 186 Å². The van der Waals surface area contributed by atoms with E-state index < -0.39 is 26.5 Å². The molecule has 0 bridgehead atoms. The van der Waals surface area contributed by atoms with Gasteiger partial charge in [0.15, 0.2) is 0 Å². The number of halogens is 1. The monoisotopic (exact) mass is 464 g/mol. The van der Waals surface area contributed by atoms with E-state index in [4.69, 9.17) is 16.3 Å². The van der Waals surface area contributed by atoms with Crippen molar-refractivity contribution in [2.24, 2.45) is 0 Å². The van der Waals surface area contributed by atoms with Crippen molar-refractivity contribution in [3.8, 4) is 0 Å². The summed E-state index contributed by atoms with van der Waals surface area (Å²) in [5.74, 6) is 0. The van der Waals surface area contributed by atoms with E-state index in [2.05, 4.69) is 5.32 Å². The summed E-state index contributed by atoms with van der Waals surface area (Å²) in [5.41, 5.74) is 0.0934. The van der Waals surface area contributed by atoms with E-state index in [1.165, 1.54) is 17.0 Å². The van der Waals surface area contributed by atoms with Crippen molar-refractivity contribution in [2.75, 3.05) is 0 Å². The van der Waals surface area contributed by atoms with Crippen LogP contribution in [0.3, 0.4) is 0 Å². The Hall–Kier alpha value is -2.58. The van der Waals surface area contributed by atoms with Crippen LogP contribution in [0, 0.1) is 0 Å². The lowest BCUT2D eigenvalue weighted by Crippen LogP contribution is -2.43. The van der Waals surface area contributed by atoms with Crippen LogP contribution in [0.1, 0.15) is 39.8 Å². The van der Waals surface area contributed by atoms with Crippen LogP contribution >= 0.6 is 11.6 Å². The van der Waals surface area contributed by atoms with Gasteiger partial charge in [-0.2, -0.15) is 0 Å². The molecule has 0 saturated heterocycles. The van der Waals surface area contributed by atoms with Crippen LogP contribution in [0.25, 0.3) is 10.9 Å². The van der Waals surface area contributed by atoms with Crippen LogP contribution in [0.15, 0.2) is 53.1 Å². The summed E-state index contributed by atoms with van der Waals surface area (Å²) in [4.78, 5) is 23.9. The highest BCUT2D eigenvalue weighted by atomic mass is 35.5. The number of nitrogens with zero attached hydrogens (tertiary/aromatic N) is 1. The Morgan fingerprint density at radius 1 is 1.32 bits per heavy atom. The topological polar surface area (TPSA) is 94.5 Å². The molecule has 1 unspecified atom stereocenters. The Bertz CT molecular complexity index is 1200. The number of rotatable bonds is 5. The molecule has 1 aliphatic carbocycles. The zero-order chi connectivity index (χ0) is 23.0. The number of para-hydroxylation sites is 1. The molecule has 9 heteroatoms. The number of carbonyl (C=O) groups is 2. The standard InChI is InChI=1S/C22H25ClN2O5S/c1-21(2,3)30-20(27)24-13-16-12-15-8-5-6-10-19(15)25(16)31(28,29)22(4)11-7-9-18(23)17(22)14-26/h5-10,12,14H,11,13H2,1-4H3,(H,24,27). The van der Waals surface area contributed by atoms with Crippen molar-refractivity contribution in [1.29, 1.82) is 0 Å². The maximum Gasteiger partial charge on any atom is 0.407 e. The first-order valence-corrected chi connectivity index (χ1v) is 11.6. The molecule has 31 heavy (non-hydrogen) atoms. The summed E-state index contributed by atoms with van der Waals surface area (Å²) < 4.78 is 32.7. The van der Waals surface area contributed by atoms with Crippen LogP contribution in [-0.4, -0.2) is 35.1 Å². The highest BCUT2D eigenvalue weighted by molar-refractivity contribution is 7.91. The highest BCUT2D eigenvalue weighted by Gasteiger charge is 2.46. The molecule has 0 radical (unpaired) electrons. The molecule has 1 aromatic carbocycles. The number of hydrogen-bond donors (Lipinski definition) is 1. The van der Waals surface area contributed by atoms with Crippen molar-refractivity contribution in [3.05, 3.63) is 58.8 Å². The normalized spacial score (nSPS) is 19.5. The van der Waals surface area contributed by atoms with Gasteiger partial charge in [-0.3, -0.25) is 4.79 Å². The van der Waals surface area contributed by atoms with E-state index in [1.54, 1.807) is 57.2 Å². The minimum absolute atomic E-state index is 0.000462. The minimum atomic E-state index is -4.15. The molecular weight excluding hydrogens is 440 g/mol. The smallest absolute Gasteiger partial charge is 0.407 e. The molecule has 1 amide bonds. The third-order valence-electron chi connectivity index (χ3n) is 5.08. The number of benzene rings is 1. The van der Waals surface area contributed by atoms with E-state index in [9.17, 15) is 18.0 Å². The number of ether oxygens (including phenoxy) is 1. The molecule has 3 rings (SSSR count). The zero-order valence-electron chi connectivity index (χ0n) is 17.8. The lowest BCUT2D eigenvalue weighted by molar-refractivity contribution is -0.105.